The van der Waals surface area contributed by atoms with E-state index in [2.05, 4.69) is 10.6 Å². The fourth-order valence-electron chi connectivity index (χ4n) is 3.87. The largest absolute Gasteiger partial charge is 0.495 e. The predicted molar refractivity (Wildman–Crippen MR) is 130 cm³/mol. The summed E-state index contributed by atoms with van der Waals surface area (Å²) in [6.07, 6.45) is 2.49. The number of para-hydroxylation sites is 2. The van der Waals surface area contributed by atoms with E-state index in [1.165, 1.54) is 24.3 Å². The third-order valence-corrected chi connectivity index (χ3v) is 5.65. The van der Waals surface area contributed by atoms with E-state index in [0.29, 0.717) is 42.1 Å². The number of hydrogen-bond donors (Lipinski definition) is 2. The molecule has 0 unspecified atom stereocenters. The number of benzene rings is 2. The van der Waals surface area contributed by atoms with Crippen LogP contribution in [0, 0.1) is 0 Å². The van der Waals surface area contributed by atoms with E-state index < -0.39 is 30.4 Å². The Hall–Kier alpha value is -4.60. The first-order valence-electron chi connectivity index (χ1n) is 11.3. The van der Waals surface area contributed by atoms with Crippen LogP contribution in [0.2, 0.25) is 0 Å². The average Bonchev–Trinajstić information content (AvgIpc) is 3.60. The molecule has 0 radical (unpaired) electrons. The van der Waals surface area contributed by atoms with Gasteiger partial charge in [0.25, 0.3) is 17.7 Å². The first-order valence-corrected chi connectivity index (χ1v) is 11.3. The number of likely N-dealkylation sites (tertiary alicyclic amines) is 1. The molecule has 1 atom stereocenters. The third-order valence-electron chi connectivity index (χ3n) is 5.65. The Balaban J connectivity index is 1.27. The molecule has 2 N–H and O–H groups in total. The van der Waals surface area contributed by atoms with Crippen LogP contribution in [0.4, 0.5) is 11.4 Å². The Bertz CT molecular complexity index is 1240. The lowest BCUT2D eigenvalue weighted by molar-refractivity contribution is -0.151. The number of anilines is 2. The van der Waals surface area contributed by atoms with Crippen LogP contribution in [0.25, 0.3) is 0 Å². The topological polar surface area (TPSA) is 127 Å². The van der Waals surface area contributed by atoms with Crippen molar-refractivity contribution in [1.82, 2.24) is 4.90 Å². The summed E-state index contributed by atoms with van der Waals surface area (Å²) in [5.74, 6) is -1.24. The Morgan fingerprint density at radius 2 is 1.78 bits per heavy atom. The molecule has 3 aromatic rings. The van der Waals surface area contributed by atoms with Gasteiger partial charge in [-0.2, -0.15) is 0 Å². The minimum Gasteiger partial charge on any atom is -0.495 e. The van der Waals surface area contributed by atoms with Crippen LogP contribution in [-0.4, -0.2) is 54.9 Å². The minimum atomic E-state index is -0.767. The van der Waals surface area contributed by atoms with Crippen molar-refractivity contribution >= 4 is 35.1 Å². The van der Waals surface area contributed by atoms with Gasteiger partial charge in [-0.3, -0.25) is 14.4 Å². The zero-order chi connectivity index (χ0) is 25.5. The number of carbonyl (C=O) groups is 4. The molecule has 0 aliphatic carbocycles. The smallest absolute Gasteiger partial charge is 0.329 e. The van der Waals surface area contributed by atoms with Gasteiger partial charge >= 0.3 is 5.97 Å². The van der Waals surface area contributed by atoms with E-state index in [0.717, 1.165) is 0 Å². The number of esters is 1. The van der Waals surface area contributed by atoms with E-state index in [9.17, 15) is 19.2 Å². The second kappa shape index (κ2) is 11.2. The lowest BCUT2D eigenvalue weighted by Crippen LogP contribution is -2.42. The maximum Gasteiger partial charge on any atom is 0.329 e. The molecule has 1 aliphatic rings. The molecule has 0 bridgehead atoms. The zero-order valence-corrected chi connectivity index (χ0v) is 19.6. The molecule has 36 heavy (non-hydrogen) atoms. The van der Waals surface area contributed by atoms with Crippen molar-refractivity contribution in [3.8, 4) is 5.75 Å². The summed E-state index contributed by atoms with van der Waals surface area (Å²) in [6, 6.07) is 15.7. The van der Waals surface area contributed by atoms with Crippen molar-refractivity contribution in [1.29, 1.82) is 0 Å². The molecular weight excluding hydrogens is 466 g/mol. The van der Waals surface area contributed by atoms with Crippen molar-refractivity contribution in [2.75, 3.05) is 30.9 Å². The van der Waals surface area contributed by atoms with Crippen molar-refractivity contribution in [3.05, 3.63) is 78.3 Å². The fraction of sp³-hybridized carbons (Fsp3) is 0.231. The Morgan fingerprint density at radius 3 is 2.50 bits per heavy atom. The highest BCUT2D eigenvalue weighted by atomic mass is 16.5. The summed E-state index contributed by atoms with van der Waals surface area (Å²) in [5.41, 5.74) is 1.35. The predicted octanol–water partition coefficient (Wildman–Crippen LogP) is 3.33. The van der Waals surface area contributed by atoms with E-state index in [1.807, 2.05) is 0 Å². The molecule has 3 amide bonds. The number of furan rings is 1. The van der Waals surface area contributed by atoms with Crippen LogP contribution in [0.1, 0.15) is 33.8 Å². The van der Waals surface area contributed by atoms with Crippen molar-refractivity contribution < 1.29 is 33.1 Å². The standard InChI is InChI=1S/C26H25N3O7/c1-34-21-8-3-2-6-19(21)28-24(31)17-10-12-18(13-11-17)27-23(30)16-36-26(33)20-7-4-14-29(20)25(32)22-9-5-15-35-22/h2-3,5-6,8-13,15,20H,4,7,14,16H2,1H3,(H,27,30)(H,28,31)/t20-/m0/s1. The van der Waals surface area contributed by atoms with Gasteiger partial charge in [-0.25, -0.2) is 4.79 Å². The Labute approximate surface area is 207 Å². The van der Waals surface area contributed by atoms with E-state index in [-0.39, 0.29) is 11.7 Å². The van der Waals surface area contributed by atoms with Crippen LogP contribution in [0.5, 0.6) is 5.75 Å². The summed E-state index contributed by atoms with van der Waals surface area (Å²) >= 11 is 0. The molecule has 10 nitrogen and oxygen atoms in total. The number of hydrogen-bond acceptors (Lipinski definition) is 7. The van der Waals surface area contributed by atoms with Gasteiger partial charge in [0, 0.05) is 17.8 Å². The third kappa shape index (κ3) is 5.72. The Morgan fingerprint density at radius 1 is 1.00 bits per heavy atom. The first-order chi connectivity index (χ1) is 17.5. The quantitative estimate of drug-likeness (QED) is 0.463. The van der Waals surface area contributed by atoms with E-state index >= 15 is 0 Å². The summed E-state index contributed by atoms with van der Waals surface area (Å²) in [4.78, 5) is 51.3. The van der Waals surface area contributed by atoms with Crippen LogP contribution >= 0.6 is 0 Å². The van der Waals surface area contributed by atoms with Crippen LogP contribution < -0.4 is 15.4 Å². The molecule has 2 aromatic carbocycles. The summed E-state index contributed by atoms with van der Waals surface area (Å²) in [7, 11) is 1.52. The maximum absolute atomic E-state index is 12.5. The number of methoxy groups -OCH3 is 1. The number of ether oxygens (including phenoxy) is 2. The molecular formula is C26H25N3O7. The highest BCUT2D eigenvalue weighted by molar-refractivity contribution is 6.05. The lowest BCUT2D eigenvalue weighted by atomic mass is 10.2. The SMILES string of the molecule is COc1ccccc1NC(=O)c1ccc(NC(=O)COC(=O)[C@@H]2CCCN2C(=O)c2ccco2)cc1. The number of amides is 3. The molecule has 1 fully saturated rings. The molecule has 2 heterocycles. The monoisotopic (exact) mass is 491 g/mol. The molecule has 1 saturated heterocycles. The van der Waals surface area contributed by atoms with Crippen molar-refractivity contribution in [2.45, 2.75) is 18.9 Å². The summed E-state index contributed by atoms with van der Waals surface area (Å²) in [6.45, 7) is -0.101. The van der Waals surface area contributed by atoms with Crippen molar-refractivity contribution in [2.24, 2.45) is 0 Å². The number of rotatable bonds is 8. The van der Waals surface area contributed by atoms with Gasteiger partial charge in [-0.1, -0.05) is 12.1 Å². The van der Waals surface area contributed by atoms with Crippen LogP contribution in [0.15, 0.2) is 71.3 Å². The molecule has 186 valence electrons. The van der Waals surface area contributed by atoms with Gasteiger partial charge < -0.3 is 29.4 Å². The minimum absolute atomic E-state index is 0.146. The van der Waals surface area contributed by atoms with Gasteiger partial charge in [0.1, 0.15) is 11.8 Å². The molecule has 1 aromatic heterocycles. The van der Waals surface area contributed by atoms with Gasteiger partial charge in [-0.05, 0) is 61.4 Å². The zero-order valence-electron chi connectivity index (χ0n) is 19.6. The van der Waals surface area contributed by atoms with Gasteiger partial charge in [0.2, 0.25) is 0 Å². The normalized spacial score (nSPS) is 14.7. The summed E-state index contributed by atoms with van der Waals surface area (Å²) < 4.78 is 15.5. The summed E-state index contributed by atoms with van der Waals surface area (Å²) in [5, 5.41) is 5.39. The van der Waals surface area contributed by atoms with E-state index in [4.69, 9.17) is 13.9 Å². The van der Waals surface area contributed by atoms with Gasteiger partial charge in [0.05, 0.1) is 19.1 Å². The van der Waals surface area contributed by atoms with Crippen LogP contribution in [-0.2, 0) is 14.3 Å². The molecule has 0 spiro atoms. The maximum atomic E-state index is 12.5. The molecule has 1 aliphatic heterocycles. The molecule has 10 heteroatoms. The van der Waals surface area contributed by atoms with Gasteiger partial charge in [0.15, 0.2) is 12.4 Å². The molecule has 4 rings (SSSR count). The second-order valence-electron chi connectivity index (χ2n) is 8.02. The number of nitrogens with one attached hydrogen (secondary N) is 2. The van der Waals surface area contributed by atoms with Crippen molar-refractivity contribution in [3.63, 3.8) is 0 Å². The molecule has 0 saturated carbocycles. The van der Waals surface area contributed by atoms with Crippen LogP contribution in [0.3, 0.4) is 0 Å². The Kier molecular flexibility index (Phi) is 7.64. The highest BCUT2D eigenvalue weighted by Crippen LogP contribution is 2.24. The number of carbonyl (C=O) groups excluding carboxylic acids is 4. The second-order valence-corrected chi connectivity index (χ2v) is 8.02. The average molecular weight is 492 g/mol. The van der Waals surface area contributed by atoms with E-state index in [1.54, 1.807) is 54.6 Å². The van der Waals surface area contributed by atoms with Gasteiger partial charge in [-0.15, -0.1) is 0 Å². The first kappa shape index (κ1) is 24.5. The lowest BCUT2D eigenvalue weighted by Gasteiger charge is -2.22. The highest BCUT2D eigenvalue weighted by Gasteiger charge is 2.36. The number of nitrogens with zero attached hydrogens (tertiary/aromatic N) is 1. The fourth-order valence-corrected chi connectivity index (χ4v) is 3.87.